The van der Waals surface area contributed by atoms with Gasteiger partial charge in [0.1, 0.15) is 5.82 Å². The summed E-state index contributed by atoms with van der Waals surface area (Å²) in [6.07, 6.45) is 9.20. The molecule has 3 N–H and O–H groups in total. The van der Waals surface area contributed by atoms with E-state index in [2.05, 4.69) is 44.3 Å². The van der Waals surface area contributed by atoms with E-state index in [0.29, 0.717) is 28.5 Å². The van der Waals surface area contributed by atoms with Gasteiger partial charge in [-0.15, -0.1) is 0 Å². The summed E-state index contributed by atoms with van der Waals surface area (Å²) in [5.41, 5.74) is 12.6. The molecular weight excluding hydrogens is 453 g/mol. The van der Waals surface area contributed by atoms with Gasteiger partial charge in [0.05, 0.1) is 11.3 Å². The maximum absolute atomic E-state index is 14.7. The van der Waals surface area contributed by atoms with Crippen LogP contribution in [0.2, 0.25) is 0 Å². The number of carbonyl (C=O) groups excluding carboxylic acids is 1. The Bertz CT molecular complexity index is 1450. The van der Waals surface area contributed by atoms with Crippen LogP contribution in [-0.2, 0) is 12.8 Å². The predicted molar refractivity (Wildman–Crippen MR) is 139 cm³/mol. The van der Waals surface area contributed by atoms with Gasteiger partial charge in [-0.1, -0.05) is 18.2 Å². The van der Waals surface area contributed by atoms with E-state index >= 15 is 0 Å². The third-order valence-electron chi connectivity index (χ3n) is 7.92. The zero-order valence-corrected chi connectivity index (χ0v) is 20.5. The van der Waals surface area contributed by atoms with Crippen molar-refractivity contribution in [3.63, 3.8) is 0 Å². The molecule has 1 aliphatic heterocycles. The Labute approximate surface area is 209 Å². The average Bonchev–Trinajstić information content (AvgIpc) is 3.49. The molecule has 2 aromatic heterocycles. The molecule has 0 unspecified atom stereocenters. The molecule has 7 heteroatoms. The Balaban J connectivity index is 1.33. The van der Waals surface area contributed by atoms with E-state index in [9.17, 15) is 9.18 Å². The molecule has 36 heavy (non-hydrogen) atoms. The number of fused-ring (bicyclic) bond motifs is 2. The summed E-state index contributed by atoms with van der Waals surface area (Å²) < 4.78 is 14.7. The number of rotatable bonds is 4. The molecule has 6 nitrogen and oxygen atoms in total. The first-order valence-corrected chi connectivity index (χ1v) is 12.8. The van der Waals surface area contributed by atoms with Gasteiger partial charge in [-0.05, 0) is 99.0 Å². The van der Waals surface area contributed by atoms with Crippen molar-refractivity contribution in [3.05, 3.63) is 70.7 Å². The highest BCUT2D eigenvalue weighted by Gasteiger charge is 2.24. The molecule has 4 aromatic rings. The van der Waals surface area contributed by atoms with Gasteiger partial charge in [-0.25, -0.2) is 9.37 Å². The Morgan fingerprint density at radius 3 is 2.56 bits per heavy atom. The van der Waals surface area contributed by atoms with Gasteiger partial charge < -0.3 is 10.6 Å². The minimum atomic E-state index is -0.773. The number of pyridine rings is 1. The molecule has 6 rings (SSSR count). The molecule has 2 aliphatic rings. The molecule has 1 aliphatic carbocycles. The summed E-state index contributed by atoms with van der Waals surface area (Å²) in [5, 5.41) is 8.13. The first-order chi connectivity index (χ1) is 17.5. The molecule has 3 heterocycles. The van der Waals surface area contributed by atoms with Crippen LogP contribution >= 0.6 is 0 Å². The number of nitrogens with one attached hydrogen (secondary N) is 1. The summed E-state index contributed by atoms with van der Waals surface area (Å²) in [5.74, 6) is -1.41. The number of hydrogen-bond acceptors (Lipinski definition) is 4. The second kappa shape index (κ2) is 9.13. The van der Waals surface area contributed by atoms with Gasteiger partial charge in [0.15, 0.2) is 5.65 Å². The molecule has 0 bridgehead atoms. The van der Waals surface area contributed by atoms with E-state index in [0.717, 1.165) is 29.4 Å². The van der Waals surface area contributed by atoms with Crippen molar-refractivity contribution in [3.8, 4) is 22.4 Å². The number of likely N-dealkylation sites (tertiary alicyclic amines) is 1. The lowest BCUT2D eigenvalue weighted by Gasteiger charge is -2.25. The van der Waals surface area contributed by atoms with Crippen LogP contribution in [0.5, 0.6) is 0 Å². The molecule has 1 saturated heterocycles. The maximum Gasteiger partial charge on any atom is 0.251 e. The fourth-order valence-electron chi connectivity index (χ4n) is 6.02. The van der Waals surface area contributed by atoms with Crippen molar-refractivity contribution >= 4 is 16.9 Å². The summed E-state index contributed by atoms with van der Waals surface area (Å²) in [6, 6.07) is 12.6. The van der Waals surface area contributed by atoms with Crippen LogP contribution in [0.25, 0.3) is 33.4 Å². The van der Waals surface area contributed by atoms with Crippen LogP contribution in [0.1, 0.15) is 52.7 Å². The number of nitrogens with zero attached hydrogens (tertiary/aromatic N) is 3. The van der Waals surface area contributed by atoms with Crippen molar-refractivity contribution < 1.29 is 9.18 Å². The number of H-pyrrole nitrogens is 1. The lowest BCUT2D eigenvalue weighted by atomic mass is 9.96. The lowest BCUT2D eigenvalue weighted by molar-refractivity contribution is 0.0996. The number of amides is 1. The van der Waals surface area contributed by atoms with Gasteiger partial charge in [0.2, 0.25) is 0 Å². The van der Waals surface area contributed by atoms with Crippen molar-refractivity contribution in [1.82, 2.24) is 20.1 Å². The number of nitrogens with two attached hydrogens (primary N) is 1. The monoisotopic (exact) mass is 483 g/mol. The topological polar surface area (TPSA) is 87.9 Å². The Kier molecular flexibility index (Phi) is 5.80. The number of benzene rings is 2. The molecule has 184 valence electrons. The highest BCUT2D eigenvalue weighted by molar-refractivity contribution is 5.97. The van der Waals surface area contributed by atoms with Crippen LogP contribution in [-0.4, -0.2) is 45.1 Å². The summed E-state index contributed by atoms with van der Waals surface area (Å²) in [4.78, 5) is 18.9. The summed E-state index contributed by atoms with van der Waals surface area (Å²) in [7, 11) is 0. The van der Waals surface area contributed by atoms with Gasteiger partial charge >= 0.3 is 0 Å². The van der Waals surface area contributed by atoms with Crippen molar-refractivity contribution in [1.29, 1.82) is 0 Å². The number of carbonyl (C=O) groups is 1. The number of hydrogen-bond donors (Lipinski definition) is 2. The SMILES string of the molecule is Cc1cc(-c2[nH]nc3ncc(-c4ccc5c(c4)CC[C@@H](N4CCCC4)CC5)cc23)cc(F)c1C(N)=O. The number of halogens is 1. The van der Waals surface area contributed by atoms with E-state index in [1.807, 2.05) is 6.20 Å². The zero-order valence-electron chi connectivity index (χ0n) is 20.5. The second-order valence-electron chi connectivity index (χ2n) is 10.2. The fourth-order valence-corrected chi connectivity index (χ4v) is 6.02. The van der Waals surface area contributed by atoms with E-state index in [-0.39, 0.29) is 5.56 Å². The van der Waals surface area contributed by atoms with E-state index in [1.165, 1.54) is 56.0 Å². The van der Waals surface area contributed by atoms with Gasteiger partial charge in [0.25, 0.3) is 5.91 Å². The van der Waals surface area contributed by atoms with E-state index in [4.69, 9.17) is 5.73 Å². The molecule has 1 atom stereocenters. The number of aromatic amines is 1. The van der Waals surface area contributed by atoms with Gasteiger partial charge in [-0.3, -0.25) is 9.89 Å². The van der Waals surface area contributed by atoms with E-state index < -0.39 is 11.7 Å². The minimum absolute atomic E-state index is 0.0849. The molecule has 0 radical (unpaired) electrons. The molecule has 1 amide bonds. The molecular formula is C29H30FN5O. The smallest absolute Gasteiger partial charge is 0.251 e. The number of aromatic nitrogens is 3. The Morgan fingerprint density at radius 1 is 1.03 bits per heavy atom. The highest BCUT2D eigenvalue weighted by atomic mass is 19.1. The molecule has 0 spiro atoms. The summed E-state index contributed by atoms with van der Waals surface area (Å²) in [6.45, 7) is 4.18. The maximum atomic E-state index is 14.7. The number of aryl methyl sites for hydroxylation is 3. The van der Waals surface area contributed by atoms with Crippen molar-refractivity contribution in [2.24, 2.45) is 5.73 Å². The second-order valence-corrected chi connectivity index (χ2v) is 10.2. The van der Waals surface area contributed by atoms with Crippen molar-refractivity contribution in [2.45, 2.75) is 51.5 Å². The largest absolute Gasteiger partial charge is 0.365 e. The average molecular weight is 484 g/mol. The third-order valence-corrected chi connectivity index (χ3v) is 7.92. The Hall–Kier alpha value is -3.58. The first kappa shape index (κ1) is 22.9. The van der Waals surface area contributed by atoms with Crippen LogP contribution < -0.4 is 5.73 Å². The molecule has 1 fully saturated rings. The van der Waals surface area contributed by atoms with Gasteiger partial charge in [0, 0.05) is 28.8 Å². The lowest BCUT2D eigenvalue weighted by Crippen LogP contribution is -2.32. The standard InChI is InChI=1S/C29H30FN5O/c1-17-12-21(15-25(30)26(17)28(31)36)27-24-14-22(16-32-29(24)34-33-27)20-5-4-18-6-8-23(9-7-19(18)13-20)35-10-2-3-11-35/h4-5,12-16,23H,2-3,6-11H2,1H3,(H2,31,36)(H,32,33,34)/t23-/m0/s1. The van der Waals surface area contributed by atoms with Crippen LogP contribution in [0.15, 0.2) is 42.6 Å². The minimum Gasteiger partial charge on any atom is -0.365 e. The first-order valence-electron chi connectivity index (χ1n) is 12.8. The summed E-state index contributed by atoms with van der Waals surface area (Å²) >= 11 is 0. The van der Waals surface area contributed by atoms with Crippen LogP contribution in [0, 0.1) is 12.7 Å². The highest BCUT2D eigenvalue weighted by Crippen LogP contribution is 2.33. The number of primary amides is 1. The normalized spacial score (nSPS) is 18.3. The van der Waals surface area contributed by atoms with E-state index in [1.54, 1.807) is 13.0 Å². The van der Waals surface area contributed by atoms with Gasteiger partial charge in [-0.2, -0.15) is 5.10 Å². The third kappa shape index (κ3) is 4.07. The fraction of sp³-hybridized carbons (Fsp3) is 0.345. The van der Waals surface area contributed by atoms with Crippen molar-refractivity contribution in [2.75, 3.05) is 13.1 Å². The Morgan fingerprint density at radius 2 is 1.81 bits per heavy atom. The predicted octanol–water partition coefficient (Wildman–Crippen LogP) is 5.18. The quantitative estimate of drug-likeness (QED) is 0.392. The molecule has 2 aromatic carbocycles. The van der Waals surface area contributed by atoms with Crippen LogP contribution in [0.4, 0.5) is 4.39 Å². The zero-order chi connectivity index (χ0) is 24.8. The van der Waals surface area contributed by atoms with Crippen LogP contribution in [0.3, 0.4) is 0 Å². The molecule has 0 saturated carbocycles.